The molecule has 0 aromatic heterocycles. The Bertz CT molecular complexity index is 725. The van der Waals surface area contributed by atoms with Gasteiger partial charge in [-0.25, -0.2) is 0 Å². The molecule has 0 aliphatic carbocycles. The number of hydrogen-bond donors (Lipinski definition) is 0. The lowest BCUT2D eigenvalue weighted by Crippen LogP contribution is -2.23. The molecule has 3 nitrogen and oxygen atoms in total. The van der Waals surface area contributed by atoms with Crippen LogP contribution in [0.3, 0.4) is 0 Å². The highest BCUT2D eigenvalue weighted by Gasteiger charge is 2.36. The Hall–Kier alpha value is -1.84. The molecule has 0 radical (unpaired) electrons. The van der Waals surface area contributed by atoms with Crippen molar-refractivity contribution >= 4 is 23.2 Å². The topological polar surface area (TPSA) is 27.7 Å². The molecule has 0 spiro atoms. The Morgan fingerprint density at radius 3 is 2.27 bits per heavy atom. The molecule has 1 aliphatic heterocycles. The number of halogens is 2. The second kappa shape index (κ2) is 5.75. The number of ether oxygens (including phenoxy) is 3. The molecule has 114 valence electrons. The lowest BCUT2D eigenvalue weighted by molar-refractivity contribution is -0.139. The van der Waals surface area contributed by atoms with E-state index in [1.807, 2.05) is 26.0 Å². The maximum absolute atomic E-state index is 6.35. The van der Waals surface area contributed by atoms with Gasteiger partial charge in [0.05, 0.1) is 10.6 Å². The first-order valence-corrected chi connectivity index (χ1v) is 7.49. The van der Waals surface area contributed by atoms with Crippen molar-refractivity contribution in [2.75, 3.05) is 0 Å². The van der Waals surface area contributed by atoms with E-state index in [0.717, 1.165) is 5.56 Å². The average Bonchev–Trinajstić information content (AvgIpc) is 2.82. The summed E-state index contributed by atoms with van der Waals surface area (Å²) in [4.78, 5) is 0. The standard InChI is InChI=1S/C17H14Cl2O3/c1-11-10-20-17(2,22-11)15-8-7-14(9-16(15)19)21-13-5-3-12(18)4-6-13/h3-10H,1-2H3. The first-order valence-electron chi connectivity index (χ1n) is 6.73. The molecular formula is C17H14Cl2O3. The van der Waals surface area contributed by atoms with Gasteiger partial charge >= 0.3 is 0 Å². The maximum Gasteiger partial charge on any atom is 0.275 e. The lowest BCUT2D eigenvalue weighted by atomic mass is 10.1. The fraction of sp³-hybridized carbons (Fsp3) is 0.176. The van der Waals surface area contributed by atoms with Gasteiger partial charge in [0.15, 0.2) is 0 Å². The molecule has 0 saturated heterocycles. The van der Waals surface area contributed by atoms with Crippen LogP contribution in [0.25, 0.3) is 0 Å². The van der Waals surface area contributed by atoms with E-state index in [4.69, 9.17) is 37.4 Å². The van der Waals surface area contributed by atoms with Crippen LogP contribution in [-0.4, -0.2) is 0 Å². The zero-order chi connectivity index (χ0) is 15.7. The number of hydrogen-bond acceptors (Lipinski definition) is 3. The molecule has 0 saturated carbocycles. The van der Waals surface area contributed by atoms with Gasteiger partial charge in [-0.15, -0.1) is 0 Å². The van der Waals surface area contributed by atoms with E-state index in [2.05, 4.69) is 0 Å². The first-order chi connectivity index (χ1) is 10.5. The molecule has 0 bridgehead atoms. The summed E-state index contributed by atoms with van der Waals surface area (Å²) in [5.74, 6) is 1.12. The van der Waals surface area contributed by atoms with Crippen LogP contribution in [0, 0.1) is 0 Å². The fourth-order valence-corrected chi connectivity index (χ4v) is 2.70. The van der Waals surface area contributed by atoms with Crippen LogP contribution >= 0.6 is 23.2 Å². The maximum atomic E-state index is 6.35. The second-order valence-electron chi connectivity index (χ2n) is 5.09. The minimum atomic E-state index is -0.903. The molecule has 22 heavy (non-hydrogen) atoms. The second-order valence-corrected chi connectivity index (χ2v) is 5.94. The zero-order valence-corrected chi connectivity index (χ0v) is 13.6. The largest absolute Gasteiger partial charge is 0.457 e. The molecule has 0 N–H and O–H groups in total. The van der Waals surface area contributed by atoms with Crippen molar-refractivity contribution in [2.24, 2.45) is 0 Å². The van der Waals surface area contributed by atoms with E-state index in [-0.39, 0.29) is 0 Å². The summed E-state index contributed by atoms with van der Waals surface area (Å²) >= 11 is 12.2. The molecule has 3 rings (SSSR count). The lowest BCUT2D eigenvalue weighted by Gasteiger charge is -2.25. The molecule has 5 heteroatoms. The molecule has 1 unspecified atom stereocenters. The van der Waals surface area contributed by atoms with Gasteiger partial charge in [0, 0.05) is 11.9 Å². The minimum absolute atomic E-state index is 0.511. The third-order valence-electron chi connectivity index (χ3n) is 3.28. The van der Waals surface area contributed by atoms with Gasteiger partial charge in [-0.3, -0.25) is 0 Å². The van der Waals surface area contributed by atoms with Gasteiger partial charge < -0.3 is 14.2 Å². The van der Waals surface area contributed by atoms with Crippen LogP contribution in [0.1, 0.15) is 19.4 Å². The molecule has 2 aromatic rings. The van der Waals surface area contributed by atoms with Crippen molar-refractivity contribution in [2.45, 2.75) is 19.6 Å². The smallest absolute Gasteiger partial charge is 0.275 e. The molecule has 1 aliphatic rings. The third kappa shape index (κ3) is 3.01. The molecule has 0 fully saturated rings. The van der Waals surface area contributed by atoms with Gasteiger partial charge in [-0.2, -0.15) is 0 Å². The molecule has 2 aromatic carbocycles. The van der Waals surface area contributed by atoms with Crippen molar-refractivity contribution in [3.05, 3.63) is 70.1 Å². The Morgan fingerprint density at radius 2 is 1.68 bits per heavy atom. The van der Waals surface area contributed by atoms with E-state index >= 15 is 0 Å². The predicted molar refractivity (Wildman–Crippen MR) is 86.3 cm³/mol. The Kier molecular flexibility index (Phi) is 3.94. The summed E-state index contributed by atoms with van der Waals surface area (Å²) in [6, 6.07) is 12.5. The van der Waals surface area contributed by atoms with E-state index in [9.17, 15) is 0 Å². The minimum Gasteiger partial charge on any atom is -0.457 e. The normalized spacial score (nSPS) is 20.1. The highest BCUT2D eigenvalue weighted by atomic mass is 35.5. The van der Waals surface area contributed by atoms with Crippen molar-refractivity contribution < 1.29 is 14.2 Å². The highest BCUT2D eigenvalue weighted by molar-refractivity contribution is 6.31. The summed E-state index contributed by atoms with van der Waals surface area (Å²) in [6.07, 6.45) is 1.58. The van der Waals surface area contributed by atoms with Gasteiger partial charge in [0.25, 0.3) is 5.79 Å². The Morgan fingerprint density at radius 1 is 1.00 bits per heavy atom. The SMILES string of the molecule is CC1=COC(C)(c2ccc(Oc3ccc(Cl)cc3)cc2Cl)O1. The van der Waals surface area contributed by atoms with E-state index < -0.39 is 5.79 Å². The fourth-order valence-electron chi connectivity index (χ4n) is 2.24. The Labute approximate surface area is 139 Å². The van der Waals surface area contributed by atoms with Crippen LogP contribution < -0.4 is 4.74 Å². The van der Waals surface area contributed by atoms with Crippen LogP contribution in [0.2, 0.25) is 10.0 Å². The summed E-state index contributed by atoms with van der Waals surface area (Å²) < 4.78 is 17.0. The number of rotatable bonds is 3. The monoisotopic (exact) mass is 336 g/mol. The van der Waals surface area contributed by atoms with Gasteiger partial charge in [0.1, 0.15) is 23.5 Å². The van der Waals surface area contributed by atoms with E-state index in [0.29, 0.717) is 27.3 Å². The highest BCUT2D eigenvalue weighted by Crippen LogP contribution is 2.40. The van der Waals surface area contributed by atoms with E-state index in [1.165, 1.54) is 0 Å². The van der Waals surface area contributed by atoms with E-state index in [1.54, 1.807) is 36.6 Å². The molecule has 1 atom stereocenters. The van der Waals surface area contributed by atoms with Crippen LogP contribution in [0.5, 0.6) is 11.5 Å². The summed E-state index contributed by atoms with van der Waals surface area (Å²) in [5, 5.41) is 1.17. The van der Waals surface area contributed by atoms with Crippen LogP contribution in [-0.2, 0) is 15.3 Å². The van der Waals surface area contributed by atoms with Crippen LogP contribution in [0.15, 0.2) is 54.5 Å². The quantitative estimate of drug-likeness (QED) is 0.701. The number of allylic oxidation sites excluding steroid dienone is 1. The third-order valence-corrected chi connectivity index (χ3v) is 3.85. The summed E-state index contributed by atoms with van der Waals surface area (Å²) in [7, 11) is 0. The van der Waals surface area contributed by atoms with Crippen LogP contribution in [0.4, 0.5) is 0 Å². The van der Waals surface area contributed by atoms with Crippen molar-refractivity contribution in [1.82, 2.24) is 0 Å². The summed E-state index contributed by atoms with van der Waals surface area (Å²) in [5.41, 5.74) is 0.741. The number of benzene rings is 2. The molecular weight excluding hydrogens is 323 g/mol. The molecule has 0 amide bonds. The predicted octanol–water partition coefficient (Wildman–Crippen LogP) is 5.87. The molecule has 1 heterocycles. The summed E-state index contributed by atoms with van der Waals surface area (Å²) in [6.45, 7) is 3.65. The van der Waals surface area contributed by atoms with Crippen molar-refractivity contribution in [3.8, 4) is 11.5 Å². The van der Waals surface area contributed by atoms with Crippen molar-refractivity contribution in [1.29, 1.82) is 0 Å². The average molecular weight is 337 g/mol. The zero-order valence-electron chi connectivity index (χ0n) is 12.1. The first kappa shape index (κ1) is 15.1. The van der Waals surface area contributed by atoms with Gasteiger partial charge in [0.2, 0.25) is 0 Å². The Balaban J connectivity index is 1.82. The van der Waals surface area contributed by atoms with Gasteiger partial charge in [-0.1, -0.05) is 23.2 Å². The van der Waals surface area contributed by atoms with Crippen molar-refractivity contribution in [3.63, 3.8) is 0 Å². The van der Waals surface area contributed by atoms with Gasteiger partial charge in [-0.05, 0) is 49.4 Å².